The SMILES string of the molecule is CCN(C(=O)C(CO)NC(=O)OC(C)(C)C)C(C(=O)Nc1ccc(OC)cc1)c1cccc(C)c1O. The number of aryl methyl sites for hydroxylation is 1. The summed E-state index contributed by atoms with van der Waals surface area (Å²) in [4.78, 5) is 40.5. The van der Waals surface area contributed by atoms with Crippen LogP contribution in [0.5, 0.6) is 11.5 Å². The minimum absolute atomic E-state index is 0.0411. The largest absolute Gasteiger partial charge is 0.507 e. The van der Waals surface area contributed by atoms with Crippen molar-refractivity contribution in [3.05, 3.63) is 53.6 Å². The zero-order valence-electron chi connectivity index (χ0n) is 21.5. The monoisotopic (exact) mass is 501 g/mol. The Morgan fingerprint density at radius 1 is 1.08 bits per heavy atom. The molecule has 0 aliphatic heterocycles. The molecule has 0 fully saturated rings. The zero-order valence-corrected chi connectivity index (χ0v) is 21.5. The van der Waals surface area contributed by atoms with Crippen molar-refractivity contribution < 1.29 is 34.1 Å². The Labute approximate surface area is 211 Å². The van der Waals surface area contributed by atoms with Gasteiger partial charge in [0.25, 0.3) is 5.91 Å². The maximum atomic E-state index is 13.5. The quantitative estimate of drug-likeness (QED) is 0.414. The third kappa shape index (κ3) is 7.35. The number of phenolic OH excluding ortho intramolecular Hbond substituents is 1. The molecular formula is C26H35N3O7. The number of hydrogen-bond acceptors (Lipinski definition) is 7. The van der Waals surface area contributed by atoms with E-state index in [-0.39, 0.29) is 17.9 Å². The lowest BCUT2D eigenvalue weighted by atomic mass is 9.99. The molecule has 2 aromatic rings. The molecular weight excluding hydrogens is 466 g/mol. The standard InChI is InChI=1S/C26H35N3O7/c1-7-29(24(33)20(15-30)28-25(34)36-26(3,4)5)21(19-10-8-9-16(2)22(19)31)23(32)27-17-11-13-18(35-6)14-12-17/h8-14,20-21,30-31H,7,15H2,1-6H3,(H,27,32)(H,28,34). The van der Waals surface area contributed by atoms with Crippen LogP contribution in [0.2, 0.25) is 0 Å². The number of rotatable bonds is 9. The van der Waals surface area contributed by atoms with E-state index in [0.29, 0.717) is 17.0 Å². The van der Waals surface area contributed by atoms with E-state index in [0.717, 1.165) is 0 Å². The molecule has 10 nitrogen and oxygen atoms in total. The van der Waals surface area contributed by atoms with E-state index in [1.165, 1.54) is 12.0 Å². The van der Waals surface area contributed by atoms with Crippen LogP contribution >= 0.6 is 0 Å². The first-order valence-corrected chi connectivity index (χ1v) is 11.6. The number of alkyl carbamates (subject to hydrolysis) is 1. The number of nitrogens with one attached hydrogen (secondary N) is 2. The molecule has 0 aromatic heterocycles. The van der Waals surface area contributed by atoms with Gasteiger partial charge >= 0.3 is 6.09 Å². The number of phenols is 1. The number of aromatic hydroxyl groups is 1. The number of benzene rings is 2. The fourth-order valence-corrected chi connectivity index (χ4v) is 3.54. The number of aliphatic hydroxyl groups is 1. The lowest BCUT2D eigenvalue weighted by Gasteiger charge is -2.33. The van der Waals surface area contributed by atoms with Crippen molar-refractivity contribution in [2.75, 3.05) is 25.6 Å². The molecule has 2 rings (SSSR count). The average molecular weight is 502 g/mol. The summed E-state index contributed by atoms with van der Waals surface area (Å²) in [5.74, 6) is -0.851. The predicted molar refractivity (Wildman–Crippen MR) is 135 cm³/mol. The highest BCUT2D eigenvalue weighted by Crippen LogP contribution is 2.33. The summed E-state index contributed by atoms with van der Waals surface area (Å²) in [6, 6.07) is 8.88. The van der Waals surface area contributed by atoms with Crippen molar-refractivity contribution in [2.24, 2.45) is 0 Å². The second-order valence-corrected chi connectivity index (χ2v) is 9.14. The third-order valence-corrected chi connectivity index (χ3v) is 5.28. The number of methoxy groups -OCH3 is 1. The number of amides is 3. The van der Waals surface area contributed by atoms with Gasteiger partial charge in [-0.05, 0) is 64.4 Å². The van der Waals surface area contributed by atoms with Crippen molar-refractivity contribution in [3.8, 4) is 11.5 Å². The molecule has 0 saturated heterocycles. The summed E-state index contributed by atoms with van der Waals surface area (Å²) in [6.07, 6.45) is -0.886. The van der Waals surface area contributed by atoms with E-state index < -0.39 is 42.2 Å². The minimum Gasteiger partial charge on any atom is -0.507 e. The van der Waals surface area contributed by atoms with Crippen LogP contribution in [0.15, 0.2) is 42.5 Å². The van der Waals surface area contributed by atoms with E-state index in [1.807, 2.05) is 0 Å². The molecule has 196 valence electrons. The number of ether oxygens (including phenoxy) is 2. The van der Waals surface area contributed by atoms with Crippen LogP contribution in [-0.4, -0.2) is 64.9 Å². The maximum absolute atomic E-state index is 13.5. The van der Waals surface area contributed by atoms with Crippen molar-refractivity contribution in [2.45, 2.75) is 52.3 Å². The molecule has 0 heterocycles. The number of carbonyl (C=O) groups is 3. The highest BCUT2D eigenvalue weighted by atomic mass is 16.6. The molecule has 0 bridgehead atoms. The molecule has 0 saturated carbocycles. The van der Waals surface area contributed by atoms with Crippen LogP contribution in [0.3, 0.4) is 0 Å². The molecule has 2 atom stereocenters. The van der Waals surface area contributed by atoms with Crippen LogP contribution in [0.1, 0.15) is 44.9 Å². The molecule has 0 aliphatic carbocycles. The number of carbonyl (C=O) groups excluding carboxylic acids is 3. The molecule has 2 aromatic carbocycles. The van der Waals surface area contributed by atoms with Crippen LogP contribution in [0, 0.1) is 6.92 Å². The highest BCUT2D eigenvalue weighted by molar-refractivity contribution is 5.99. The number of likely N-dealkylation sites (N-methyl/N-ethyl adjacent to an activating group) is 1. The number of nitrogens with zero attached hydrogens (tertiary/aromatic N) is 1. The fraction of sp³-hybridized carbons (Fsp3) is 0.423. The second kappa shape index (κ2) is 12.3. The summed E-state index contributed by atoms with van der Waals surface area (Å²) in [7, 11) is 1.53. The first-order valence-electron chi connectivity index (χ1n) is 11.6. The number of anilines is 1. The van der Waals surface area contributed by atoms with Gasteiger partial charge in [-0.2, -0.15) is 0 Å². The van der Waals surface area contributed by atoms with E-state index in [2.05, 4.69) is 10.6 Å². The smallest absolute Gasteiger partial charge is 0.408 e. The van der Waals surface area contributed by atoms with Gasteiger partial charge in [0.15, 0.2) is 0 Å². The van der Waals surface area contributed by atoms with Crippen molar-refractivity contribution in [1.29, 1.82) is 0 Å². The van der Waals surface area contributed by atoms with E-state index in [4.69, 9.17) is 9.47 Å². The number of aliphatic hydroxyl groups excluding tert-OH is 1. The predicted octanol–water partition coefficient (Wildman–Crippen LogP) is 3.12. The van der Waals surface area contributed by atoms with Crippen molar-refractivity contribution in [1.82, 2.24) is 10.2 Å². The van der Waals surface area contributed by atoms with Gasteiger partial charge in [0, 0.05) is 17.8 Å². The topological polar surface area (TPSA) is 137 Å². The summed E-state index contributed by atoms with van der Waals surface area (Å²) in [5, 5.41) is 25.8. The average Bonchev–Trinajstić information content (AvgIpc) is 2.82. The van der Waals surface area contributed by atoms with Gasteiger partial charge in [-0.1, -0.05) is 18.2 Å². The summed E-state index contributed by atoms with van der Waals surface area (Å²) in [6.45, 7) is 7.65. The molecule has 0 aliphatic rings. The number of hydrogen-bond donors (Lipinski definition) is 4. The molecule has 3 amide bonds. The van der Waals surface area contributed by atoms with Gasteiger partial charge in [-0.25, -0.2) is 4.79 Å². The van der Waals surface area contributed by atoms with Crippen LogP contribution in [0.4, 0.5) is 10.5 Å². The van der Waals surface area contributed by atoms with Crippen molar-refractivity contribution in [3.63, 3.8) is 0 Å². The number of para-hydroxylation sites is 1. The molecule has 0 radical (unpaired) electrons. The highest BCUT2D eigenvalue weighted by Gasteiger charge is 2.36. The third-order valence-electron chi connectivity index (χ3n) is 5.28. The molecule has 36 heavy (non-hydrogen) atoms. The molecule has 0 spiro atoms. The van der Waals surface area contributed by atoms with E-state index in [1.54, 1.807) is 77.1 Å². The molecule has 10 heteroatoms. The molecule has 2 unspecified atom stereocenters. The van der Waals surface area contributed by atoms with Crippen LogP contribution < -0.4 is 15.4 Å². The van der Waals surface area contributed by atoms with Gasteiger partial charge in [-0.3, -0.25) is 9.59 Å². The first-order chi connectivity index (χ1) is 16.9. The zero-order chi connectivity index (χ0) is 27.0. The first kappa shape index (κ1) is 28.4. The normalized spacial score (nSPS) is 12.8. The summed E-state index contributed by atoms with van der Waals surface area (Å²) in [5.41, 5.74) is 0.354. The van der Waals surface area contributed by atoms with Crippen LogP contribution in [-0.2, 0) is 14.3 Å². The van der Waals surface area contributed by atoms with E-state index >= 15 is 0 Å². The Morgan fingerprint density at radius 2 is 1.72 bits per heavy atom. The van der Waals surface area contributed by atoms with Gasteiger partial charge in [0.05, 0.1) is 13.7 Å². The Bertz CT molecular complexity index is 1060. The van der Waals surface area contributed by atoms with E-state index in [9.17, 15) is 24.6 Å². The van der Waals surface area contributed by atoms with Gasteiger partial charge in [0.1, 0.15) is 29.2 Å². The van der Waals surface area contributed by atoms with Crippen molar-refractivity contribution >= 4 is 23.6 Å². The lowest BCUT2D eigenvalue weighted by molar-refractivity contribution is -0.141. The second-order valence-electron chi connectivity index (χ2n) is 9.14. The minimum atomic E-state index is -1.37. The van der Waals surface area contributed by atoms with Gasteiger partial charge in [-0.15, -0.1) is 0 Å². The van der Waals surface area contributed by atoms with Crippen LogP contribution in [0.25, 0.3) is 0 Å². The summed E-state index contributed by atoms with van der Waals surface area (Å²) < 4.78 is 10.3. The Hall–Kier alpha value is -3.79. The Balaban J connectivity index is 2.43. The lowest BCUT2D eigenvalue weighted by Crippen LogP contribution is -2.53. The van der Waals surface area contributed by atoms with Gasteiger partial charge < -0.3 is 35.2 Å². The maximum Gasteiger partial charge on any atom is 0.408 e. The Morgan fingerprint density at radius 3 is 2.25 bits per heavy atom. The Kier molecular flexibility index (Phi) is 9.68. The fourth-order valence-electron chi connectivity index (χ4n) is 3.54. The molecule has 4 N–H and O–H groups in total. The summed E-state index contributed by atoms with van der Waals surface area (Å²) >= 11 is 0. The van der Waals surface area contributed by atoms with Gasteiger partial charge in [0.2, 0.25) is 5.91 Å².